The summed E-state index contributed by atoms with van der Waals surface area (Å²) in [6.07, 6.45) is 5.09. The maximum absolute atomic E-state index is 9.09. The van der Waals surface area contributed by atoms with Gasteiger partial charge in [0.25, 0.3) is 0 Å². The van der Waals surface area contributed by atoms with Crippen LogP contribution in [0.15, 0.2) is 0 Å². The van der Waals surface area contributed by atoms with E-state index in [1.807, 2.05) is 6.92 Å². The normalized spacial score (nSPS) is 33.2. The number of aliphatic hydroxyl groups is 1. The van der Waals surface area contributed by atoms with E-state index in [1.54, 1.807) is 0 Å². The minimum Gasteiger partial charge on any atom is -0.392 e. The Morgan fingerprint density at radius 1 is 1.50 bits per heavy atom. The van der Waals surface area contributed by atoms with Crippen LogP contribution >= 0.6 is 0 Å². The lowest BCUT2D eigenvalue weighted by atomic mass is 9.87. The van der Waals surface area contributed by atoms with Gasteiger partial charge in [0.1, 0.15) is 0 Å². The van der Waals surface area contributed by atoms with E-state index in [2.05, 4.69) is 12.2 Å². The minimum absolute atomic E-state index is 0.206. The summed E-state index contributed by atoms with van der Waals surface area (Å²) in [6.45, 7) is 4.90. The summed E-state index contributed by atoms with van der Waals surface area (Å²) in [7, 11) is 0. The van der Waals surface area contributed by atoms with Gasteiger partial charge in [-0.1, -0.05) is 19.8 Å². The zero-order chi connectivity index (χ0) is 8.97. The molecular weight excluding hydrogens is 150 g/mol. The molecule has 12 heavy (non-hydrogen) atoms. The van der Waals surface area contributed by atoms with Gasteiger partial charge in [0.2, 0.25) is 0 Å². The largest absolute Gasteiger partial charge is 0.392 e. The Morgan fingerprint density at radius 2 is 2.25 bits per heavy atom. The first-order chi connectivity index (χ1) is 5.68. The highest BCUT2D eigenvalue weighted by atomic mass is 16.3. The van der Waals surface area contributed by atoms with Crippen molar-refractivity contribution in [3.05, 3.63) is 0 Å². The summed E-state index contributed by atoms with van der Waals surface area (Å²) in [5.74, 6) is 0.866. The van der Waals surface area contributed by atoms with Crippen molar-refractivity contribution in [2.24, 2.45) is 5.92 Å². The third kappa shape index (κ3) is 3.55. The van der Waals surface area contributed by atoms with Gasteiger partial charge in [-0.15, -0.1) is 0 Å². The Balaban J connectivity index is 2.14. The second-order valence-corrected chi connectivity index (χ2v) is 4.23. The van der Waals surface area contributed by atoms with E-state index < -0.39 is 0 Å². The predicted molar refractivity (Wildman–Crippen MR) is 51.1 cm³/mol. The third-order valence-corrected chi connectivity index (χ3v) is 2.64. The minimum atomic E-state index is -0.206. The number of hydrogen-bond acceptors (Lipinski definition) is 2. The standard InChI is InChI=1S/C10H21NO/c1-8-4-3-5-10(6-8)11-7-9(2)12/h8-12H,3-7H2,1-2H3/t8-,9-,10+/m0/s1. The zero-order valence-corrected chi connectivity index (χ0v) is 8.21. The van der Waals surface area contributed by atoms with E-state index in [4.69, 9.17) is 5.11 Å². The maximum Gasteiger partial charge on any atom is 0.0636 e. The van der Waals surface area contributed by atoms with Crippen LogP contribution in [-0.2, 0) is 0 Å². The van der Waals surface area contributed by atoms with Crippen LogP contribution in [0.3, 0.4) is 0 Å². The van der Waals surface area contributed by atoms with E-state index in [0.717, 1.165) is 12.5 Å². The van der Waals surface area contributed by atoms with Gasteiger partial charge in [-0.3, -0.25) is 0 Å². The van der Waals surface area contributed by atoms with Crippen molar-refractivity contribution in [2.75, 3.05) is 6.54 Å². The number of hydrogen-bond donors (Lipinski definition) is 2. The number of aliphatic hydroxyl groups excluding tert-OH is 1. The van der Waals surface area contributed by atoms with E-state index in [0.29, 0.717) is 6.04 Å². The van der Waals surface area contributed by atoms with Crippen molar-refractivity contribution in [1.29, 1.82) is 0 Å². The molecule has 1 aliphatic carbocycles. The average Bonchev–Trinajstić information content (AvgIpc) is 2.01. The molecule has 3 atom stereocenters. The summed E-state index contributed by atoms with van der Waals surface area (Å²) in [5, 5.41) is 12.5. The molecule has 0 aliphatic heterocycles. The van der Waals surface area contributed by atoms with Crippen LogP contribution < -0.4 is 5.32 Å². The van der Waals surface area contributed by atoms with Gasteiger partial charge in [-0.25, -0.2) is 0 Å². The third-order valence-electron chi connectivity index (χ3n) is 2.64. The molecule has 1 aliphatic rings. The lowest BCUT2D eigenvalue weighted by molar-refractivity contribution is 0.177. The molecule has 0 radical (unpaired) electrons. The quantitative estimate of drug-likeness (QED) is 0.675. The van der Waals surface area contributed by atoms with Crippen LogP contribution in [0.1, 0.15) is 39.5 Å². The summed E-state index contributed by atoms with van der Waals surface area (Å²) >= 11 is 0. The molecule has 1 fully saturated rings. The molecule has 2 N–H and O–H groups in total. The number of rotatable bonds is 3. The molecule has 72 valence electrons. The highest BCUT2D eigenvalue weighted by molar-refractivity contribution is 4.76. The molecule has 0 spiro atoms. The first kappa shape index (κ1) is 10.0. The molecule has 0 bridgehead atoms. The van der Waals surface area contributed by atoms with Crippen molar-refractivity contribution in [1.82, 2.24) is 5.32 Å². The van der Waals surface area contributed by atoms with Crippen LogP contribution in [-0.4, -0.2) is 23.8 Å². The molecule has 0 saturated heterocycles. The first-order valence-corrected chi connectivity index (χ1v) is 5.10. The fourth-order valence-electron chi connectivity index (χ4n) is 1.96. The summed E-state index contributed by atoms with van der Waals surface area (Å²) in [4.78, 5) is 0. The van der Waals surface area contributed by atoms with Crippen LogP contribution in [0.25, 0.3) is 0 Å². The van der Waals surface area contributed by atoms with Gasteiger partial charge in [0.15, 0.2) is 0 Å². The Morgan fingerprint density at radius 3 is 2.83 bits per heavy atom. The van der Waals surface area contributed by atoms with Gasteiger partial charge >= 0.3 is 0 Å². The lowest BCUT2D eigenvalue weighted by Crippen LogP contribution is -2.37. The smallest absolute Gasteiger partial charge is 0.0636 e. The van der Waals surface area contributed by atoms with Gasteiger partial charge in [0.05, 0.1) is 6.10 Å². The molecule has 2 nitrogen and oxygen atoms in total. The van der Waals surface area contributed by atoms with E-state index >= 15 is 0 Å². The molecular formula is C10H21NO. The SMILES string of the molecule is C[C@H]1CCC[C@@H](NC[C@H](C)O)C1. The Labute approximate surface area is 75.4 Å². The van der Waals surface area contributed by atoms with E-state index in [9.17, 15) is 0 Å². The van der Waals surface area contributed by atoms with E-state index in [-0.39, 0.29) is 6.10 Å². The Hall–Kier alpha value is -0.0800. The van der Waals surface area contributed by atoms with Crippen LogP contribution in [0.4, 0.5) is 0 Å². The topological polar surface area (TPSA) is 32.3 Å². The Kier molecular flexibility index (Phi) is 4.02. The molecule has 0 aromatic heterocycles. The average molecular weight is 171 g/mol. The van der Waals surface area contributed by atoms with Crippen molar-refractivity contribution < 1.29 is 5.11 Å². The molecule has 0 amide bonds. The van der Waals surface area contributed by atoms with E-state index in [1.165, 1.54) is 25.7 Å². The van der Waals surface area contributed by atoms with Gasteiger partial charge in [0, 0.05) is 12.6 Å². The molecule has 0 unspecified atom stereocenters. The van der Waals surface area contributed by atoms with Gasteiger partial charge < -0.3 is 10.4 Å². The van der Waals surface area contributed by atoms with Crippen LogP contribution in [0, 0.1) is 5.92 Å². The van der Waals surface area contributed by atoms with Crippen molar-refractivity contribution in [3.8, 4) is 0 Å². The summed E-state index contributed by atoms with van der Waals surface area (Å²) in [5.41, 5.74) is 0. The highest BCUT2D eigenvalue weighted by Crippen LogP contribution is 2.23. The monoisotopic (exact) mass is 171 g/mol. The lowest BCUT2D eigenvalue weighted by Gasteiger charge is -2.28. The van der Waals surface area contributed by atoms with Crippen molar-refractivity contribution >= 4 is 0 Å². The second kappa shape index (κ2) is 4.83. The molecule has 2 heteroatoms. The second-order valence-electron chi connectivity index (χ2n) is 4.23. The maximum atomic E-state index is 9.09. The summed E-state index contributed by atoms with van der Waals surface area (Å²) < 4.78 is 0. The fourth-order valence-corrected chi connectivity index (χ4v) is 1.96. The van der Waals surface area contributed by atoms with Gasteiger partial charge in [-0.2, -0.15) is 0 Å². The number of nitrogens with one attached hydrogen (secondary N) is 1. The van der Waals surface area contributed by atoms with Crippen molar-refractivity contribution in [3.63, 3.8) is 0 Å². The van der Waals surface area contributed by atoms with Gasteiger partial charge in [-0.05, 0) is 25.7 Å². The molecule has 1 saturated carbocycles. The molecule has 1 rings (SSSR count). The molecule has 0 heterocycles. The summed E-state index contributed by atoms with van der Waals surface area (Å²) in [6, 6.07) is 0.656. The molecule has 0 aromatic carbocycles. The fraction of sp³-hybridized carbons (Fsp3) is 1.00. The van der Waals surface area contributed by atoms with Crippen LogP contribution in [0.2, 0.25) is 0 Å². The first-order valence-electron chi connectivity index (χ1n) is 5.10. The van der Waals surface area contributed by atoms with Crippen molar-refractivity contribution in [2.45, 2.75) is 51.7 Å². The predicted octanol–water partition coefficient (Wildman–Crippen LogP) is 1.54. The molecule has 0 aromatic rings. The van der Waals surface area contributed by atoms with Crippen LogP contribution in [0.5, 0.6) is 0 Å². The zero-order valence-electron chi connectivity index (χ0n) is 8.21. The Bertz CT molecular complexity index is 125. The highest BCUT2D eigenvalue weighted by Gasteiger charge is 2.18.